The molecule has 0 bridgehead atoms. The Morgan fingerprint density at radius 1 is 1.55 bits per heavy atom. The molecule has 0 amide bonds. The molecule has 11 heavy (non-hydrogen) atoms. The largest absolute Gasteiger partial charge is 0.262 e. The fraction of sp³-hybridized carbons (Fsp3) is 0.833. The second kappa shape index (κ2) is 2.48. The van der Waals surface area contributed by atoms with Crippen LogP contribution in [0.15, 0.2) is 4.40 Å². The zero-order chi connectivity index (χ0) is 8.70. The first kappa shape index (κ1) is 9.06. The van der Waals surface area contributed by atoms with Crippen LogP contribution in [0.4, 0.5) is 0 Å². The smallest absolute Gasteiger partial charge is 0.204 e. The van der Waals surface area contributed by atoms with Gasteiger partial charge >= 0.3 is 0 Å². The summed E-state index contributed by atoms with van der Waals surface area (Å²) >= 11 is 1.42. The summed E-state index contributed by atoms with van der Waals surface area (Å²) in [4.78, 5) is 0. The Balaban J connectivity index is 3.09. The third-order valence-electron chi connectivity index (χ3n) is 1.72. The molecular weight excluding hydrogens is 182 g/mol. The van der Waals surface area contributed by atoms with E-state index in [1.54, 1.807) is 6.92 Å². The molecule has 5 heteroatoms. The molecule has 0 unspecified atom stereocenters. The molecule has 0 saturated heterocycles. The van der Waals surface area contributed by atoms with Gasteiger partial charge in [0.25, 0.3) is 10.0 Å². The first-order valence-corrected chi connectivity index (χ1v) is 5.87. The van der Waals surface area contributed by atoms with Gasteiger partial charge in [-0.15, -0.1) is 11.8 Å². The predicted molar refractivity (Wildman–Crippen MR) is 48.6 cm³/mol. The van der Waals surface area contributed by atoms with Crippen molar-refractivity contribution < 1.29 is 8.42 Å². The van der Waals surface area contributed by atoms with Crippen LogP contribution in [0.2, 0.25) is 0 Å². The van der Waals surface area contributed by atoms with Crippen LogP contribution in [0.3, 0.4) is 0 Å². The van der Waals surface area contributed by atoms with Crippen LogP contribution in [0, 0.1) is 0 Å². The summed E-state index contributed by atoms with van der Waals surface area (Å²) in [5, 5.41) is 0.108. The lowest BCUT2D eigenvalue weighted by Gasteiger charge is -2.26. The number of rotatable bonds is 0. The van der Waals surface area contributed by atoms with Gasteiger partial charge in [0.15, 0.2) is 0 Å². The number of thioether (sulfide) groups is 1. The van der Waals surface area contributed by atoms with E-state index in [0.717, 1.165) is 0 Å². The van der Waals surface area contributed by atoms with Crippen molar-refractivity contribution >= 4 is 27.5 Å². The van der Waals surface area contributed by atoms with E-state index in [9.17, 15) is 8.42 Å². The fourth-order valence-electron chi connectivity index (χ4n) is 0.671. The highest BCUT2D eigenvalue weighted by atomic mass is 32.3. The highest BCUT2D eigenvalue weighted by molar-refractivity contribution is 8.14. The van der Waals surface area contributed by atoms with Crippen LogP contribution < -0.4 is 0 Å². The number of sulfonamides is 1. The van der Waals surface area contributed by atoms with Crippen LogP contribution in [0.1, 0.15) is 20.8 Å². The first-order chi connectivity index (χ1) is 4.83. The predicted octanol–water partition coefficient (Wildman–Crippen LogP) is 1.26. The minimum atomic E-state index is -3.15. The number of nitrogens with zero attached hydrogens (tertiary/aromatic N) is 1. The summed E-state index contributed by atoms with van der Waals surface area (Å²) in [6.07, 6.45) is 0. The SMILES string of the molecule is CC1=NS(=O)(=O)CSC1(C)C. The number of hydrogen-bond donors (Lipinski definition) is 0. The Kier molecular flexibility index (Phi) is 2.05. The lowest BCUT2D eigenvalue weighted by atomic mass is 10.1. The standard InChI is InChI=1S/C6H11NO2S2/c1-5-6(2,3)10-4-11(8,9)7-5/h4H2,1-3H3. The second-order valence-electron chi connectivity index (χ2n) is 3.03. The zero-order valence-electron chi connectivity index (χ0n) is 6.79. The molecule has 0 aromatic carbocycles. The molecule has 0 aromatic rings. The summed E-state index contributed by atoms with van der Waals surface area (Å²) in [5.41, 5.74) is 0.689. The molecule has 0 fully saturated rings. The molecule has 0 N–H and O–H groups in total. The highest BCUT2D eigenvalue weighted by Gasteiger charge is 2.30. The summed E-state index contributed by atoms with van der Waals surface area (Å²) in [5.74, 6) is 0. The molecule has 0 saturated carbocycles. The van der Waals surface area contributed by atoms with Crippen molar-refractivity contribution in [3.63, 3.8) is 0 Å². The Hall–Kier alpha value is -0.0300. The minimum absolute atomic E-state index is 0.108. The van der Waals surface area contributed by atoms with Crippen LogP contribution in [-0.2, 0) is 10.0 Å². The Labute approximate surface area is 71.3 Å². The van der Waals surface area contributed by atoms with Gasteiger partial charge in [-0.1, -0.05) is 0 Å². The average molecular weight is 193 g/mol. The van der Waals surface area contributed by atoms with Gasteiger partial charge < -0.3 is 0 Å². The third-order valence-corrected chi connectivity index (χ3v) is 4.95. The van der Waals surface area contributed by atoms with Crippen LogP contribution in [0.5, 0.6) is 0 Å². The van der Waals surface area contributed by atoms with Gasteiger partial charge in [-0.05, 0) is 20.8 Å². The topological polar surface area (TPSA) is 46.5 Å². The van der Waals surface area contributed by atoms with Crippen LogP contribution >= 0.6 is 11.8 Å². The van der Waals surface area contributed by atoms with E-state index in [1.807, 2.05) is 13.8 Å². The summed E-state index contributed by atoms with van der Waals surface area (Å²) < 4.78 is 25.4. The van der Waals surface area contributed by atoms with E-state index >= 15 is 0 Å². The van der Waals surface area contributed by atoms with Crippen molar-refractivity contribution in [3.05, 3.63) is 0 Å². The number of hydrogen-bond acceptors (Lipinski definition) is 3. The van der Waals surface area contributed by atoms with Gasteiger partial charge in [-0.25, -0.2) is 8.42 Å². The van der Waals surface area contributed by atoms with E-state index in [-0.39, 0.29) is 9.83 Å². The normalized spacial score (nSPS) is 27.7. The molecule has 3 nitrogen and oxygen atoms in total. The molecule has 0 spiro atoms. The van der Waals surface area contributed by atoms with Crippen LogP contribution in [-0.4, -0.2) is 24.0 Å². The molecule has 0 aromatic heterocycles. The fourth-order valence-corrected chi connectivity index (χ4v) is 3.61. The maximum atomic E-state index is 10.9. The maximum Gasteiger partial charge on any atom is 0.262 e. The van der Waals surface area contributed by atoms with Gasteiger partial charge in [0.1, 0.15) is 5.08 Å². The lowest BCUT2D eigenvalue weighted by Crippen LogP contribution is -2.31. The first-order valence-electron chi connectivity index (χ1n) is 3.27. The average Bonchev–Trinajstić information content (AvgIpc) is 1.81. The quantitative estimate of drug-likeness (QED) is 0.582. The van der Waals surface area contributed by atoms with Crippen molar-refractivity contribution in [3.8, 4) is 0 Å². The molecule has 0 radical (unpaired) electrons. The zero-order valence-corrected chi connectivity index (χ0v) is 8.42. The van der Waals surface area contributed by atoms with Crippen molar-refractivity contribution in [2.75, 3.05) is 5.08 Å². The van der Waals surface area contributed by atoms with Crippen molar-refractivity contribution in [2.45, 2.75) is 25.5 Å². The van der Waals surface area contributed by atoms with Gasteiger partial charge in [0.2, 0.25) is 0 Å². The van der Waals surface area contributed by atoms with Crippen LogP contribution in [0.25, 0.3) is 0 Å². The molecule has 1 aliphatic heterocycles. The summed E-state index contributed by atoms with van der Waals surface area (Å²) in [6.45, 7) is 5.71. The third kappa shape index (κ3) is 1.96. The molecule has 64 valence electrons. The molecule has 0 atom stereocenters. The van der Waals surface area contributed by atoms with E-state index in [0.29, 0.717) is 5.71 Å². The Bertz CT molecular complexity index is 290. The Morgan fingerprint density at radius 3 is 2.45 bits per heavy atom. The lowest BCUT2D eigenvalue weighted by molar-refractivity contribution is 0.601. The van der Waals surface area contributed by atoms with Gasteiger partial charge in [0, 0.05) is 5.71 Å². The Morgan fingerprint density at radius 2 is 2.09 bits per heavy atom. The summed E-state index contributed by atoms with van der Waals surface area (Å²) in [6, 6.07) is 0. The van der Waals surface area contributed by atoms with E-state index in [1.165, 1.54) is 11.8 Å². The minimum Gasteiger partial charge on any atom is -0.204 e. The summed E-state index contributed by atoms with van der Waals surface area (Å²) in [7, 11) is -3.15. The van der Waals surface area contributed by atoms with Crippen molar-refractivity contribution in [1.29, 1.82) is 0 Å². The van der Waals surface area contributed by atoms with Gasteiger partial charge in [0.05, 0.1) is 4.75 Å². The van der Waals surface area contributed by atoms with E-state index in [2.05, 4.69) is 4.40 Å². The van der Waals surface area contributed by atoms with Gasteiger partial charge in [-0.2, -0.15) is 4.40 Å². The second-order valence-corrected chi connectivity index (χ2v) is 6.63. The molecule has 1 aliphatic rings. The maximum absolute atomic E-state index is 10.9. The van der Waals surface area contributed by atoms with Gasteiger partial charge in [-0.3, -0.25) is 0 Å². The molecule has 1 rings (SSSR count). The molecule has 1 heterocycles. The monoisotopic (exact) mass is 193 g/mol. The van der Waals surface area contributed by atoms with Crippen molar-refractivity contribution in [2.24, 2.45) is 4.40 Å². The molecule has 0 aliphatic carbocycles. The van der Waals surface area contributed by atoms with E-state index in [4.69, 9.17) is 0 Å². The van der Waals surface area contributed by atoms with Crippen molar-refractivity contribution in [1.82, 2.24) is 0 Å². The molecular formula is C6H11NO2S2. The van der Waals surface area contributed by atoms with E-state index < -0.39 is 10.0 Å². The highest BCUT2D eigenvalue weighted by Crippen LogP contribution is 2.32.